The normalized spacial score (nSPS) is 10.4. The zero-order valence-corrected chi connectivity index (χ0v) is 16.9. The fourth-order valence-electron chi connectivity index (χ4n) is 1.17. The number of amides is 1. The van der Waals surface area contributed by atoms with E-state index >= 15 is 0 Å². The smallest absolute Gasteiger partial charge is 0.229 e. The number of rotatable bonds is 1. The molecular weight excluding hydrogens is 506 g/mol. The van der Waals surface area contributed by atoms with Crippen LogP contribution in [0.5, 0.6) is 0 Å². The monoisotopic (exact) mass is 524 g/mol. The van der Waals surface area contributed by atoms with Crippen molar-refractivity contribution in [1.29, 1.82) is 0 Å². The van der Waals surface area contributed by atoms with E-state index in [0.717, 1.165) is 18.5 Å². The van der Waals surface area contributed by atoms with Crippen LogP contribution >= 0.6 is 45.2 Å². The minimum Gasteiger partial charge on any atom is -0.397 e. The number of carbonyl (C=O) groups excluding carboxylic acids is 1. The summed E-state index contributed by atoms with van der Waals surface area (Å²) in [5.41, 5.74) is 6.59. The van der Waals surface area contributed by atoms with Gasteiger partial charge in [-0.1, -0.05) is 20.8 Å². The first-order valence-electron chi connectivity index (χ1n) is 6.47. The minimum atomic E-state index is -0.376. The Morgan fingerprint density at radius 1 is 1.09 bits per heavy atom. The third-order valence-corrected chi connectivity index (χ3v) is 4.42. The van der Waals surface area contributed by atoms with E-state index in [1.807, 2.05) is 32.9 Å². The van der Waals surface area contributed by atoms with E-state index in [4.69, 9.17) is 5.73 Å². The van der Waals surface area contributed by atoms with Crippen LogP contribution in [0.15, 0.2) is 36.9 Å². The molecule has 0 unspecified atom stereocenters. The summed E-state index contributed by atoms with van der Waals surface area (Å²) in [5.74, 6) is 0.00316. The molecule has 118 valence electrons. The third-order valence-electron chi connectivity index (χ3n) is 2.49. The lowest BCUT2D eigenvalue weighted by Crippen LogP contribution is -2.28. The van der Waals surface area contributed by atoms with Crippen molar-refractivity contribution in [3.05, 3.63) is 44.1 Å². The number of pyridine rings is 2. The average Bonchev–Trinajstić information content (AvgIpc) is 2.44. The van der Waals surface area contributed by atoms with Gasteiger partial charge in [-0.25, -0.2) is 0 Å². The van der Waals surface area contributed by atoms with Gasteiger partial charge in [-0.05, 0) is 57.3 Å². The Kier molecular flexibility index (Phi) is 7.46. The Morgan fingerprint density at radius 3 is 2.05 bits per heavy atom. The van der Waals surface area contributed by atoms with Crippen molar-refractivity contribution in [3.63, 3.8) is 0 Å². The predicted octanol–water partition coefficient (Wildman–Crippen LogP) is 3.94. The fraction of sp³-hybridized carbons (Fsp3) is 0.267. The first kappa shape index (κ1) is 19.1. The molecule has 0 bridgehead atoms. The number of anilines is 2. The zero-order valence-electron chi connectivity index (χ0n) is 12.6. The van der Waals surface area contributed by atoms with Crippen LogP contribution in [0.4, 0.5) is 11.4 Å². The van der Waals surface area contributed by atoms with Gasteiger partial charge >= 0.3 is 0 Å². The van der Waals surface area contributed by atoms with Crippen LogP contribution in [-0.2, 0) is 4.79 Å². The van der Waals surface area contributed by atoms with Gasteiger partial charge in [0.1, 0.15) is 0 Å². The number of nitrogens with zero attached hydrogens (tertiary/aromatic N) is 2. The maximum Gasteiger partial charge on any atom is 0.229 e. The van der Waals surface area contributed by atoms with Gasteiger partial charge in [-0.15, -0.1) is 0 Å². The maximum atomic E-state index is 11.6. The van der Waals surface area contributed by atoms with Crippen molar-refractivity contribution in [2.45, 2.75) is 20.8 Å². The average molecular weight is 524 g/mol. The summed E-state index contributed by atoms with van der Waals surface area (Å²) >= 11 is 4.33. The summed E-state index contributed by atoms with van der Waals surface area (Å²) in [6.07, 6.45) is 6.72. The van der Waals surface area contributed by atoms with Crippen LogP contribution in [0.2, 0.25) is 0 Å². The molecule has 22 heavy (non-hydrogen) atoms. The highest BCUT2D eigenvalue weighted by Gasteiger charge is 2.21. The summed E-state index contributed by atoms with van der Waals surface area (Å²) in [6.45, 7) is 5.64. The second-order valence-electron chi connectivity index (χ2n) is 5.46. The molecule has 0 aliphatic rings. The highest BCUT2D eigenvalue weighted by Crippen LogP contribution is 2.20. The van der Waals surface area contributed by atoms with Crippen molar-refractivity contribution in [2.24, 2.45) is 5.41 Å². The lowest BCUT2D eigenvalue weighted by atomic mass is 9.96. The number of carbonyl (C=O) groups is 1. The Morgan fingerprint density at radius 2 is 1.64 bits per heavy atom. The van der Waals surface area contributed by atoms with Crippen LogP contribution < -0.4 is 11.1 Å². The molecule has 2 aromatic heterocycles. The number of nitrogens with one attached hydrogen (secondary N) is 1. The summed E-state index contributed by atoms with van der Waals surface area (Å²) in [7, 11) is 0. The standard InChI is InChI=1S/C10H13IN2O.C5H5IN2/c1-10(2,3)9(14)13-8-6-12-5-4-7(8)11;6-4-1-2-8-3-5(4)7/h4-6H,1-3H3,(H,13,14);1-3H,7H2. The summed E-state index contributed by atoms with van der Waals surface area (Å²) in [6, 6.07) is 3.73. The number of hydrogen-bond acceptors (Lipinski definition) is 4. The van der Waals surface area contributed by atoms with E-state index in [0.29, 0.717) is 0 Å². The molecule has 1 amide bonds. The molecule has 2 aromatic rings. The van der Waals surface area contributed by atoms with Gasteiger partial charge in [0.25, 0.3) is 0 Å². The third kappa shape index (κ3) is 6.42. The number of hydrogen-bond donors (Lipinski definition) is 2. The molecule has 0 saturated heterocycles. The van der Waals surface area contributed by atoms with Gasteiger partial charge in [-0.2, -0.15) is 0 Å². The first-order valence-corrected chi connectivity index (χ1v) is 8.63. The number of nitrogen functional groups attached to an aromatic ring is 1. The molecule has 0 saturated carbocycles. The van der Waals surface area contributed by atoms with E-state index in [1.54, 1.807) is 24.8 Å². The topological polar surface area (TPSA) is 80.9 Å². The molecule has 2 rings (SSSR count). The minimum absolute atomic E-state index is 0.00316. The Bertz CT molecular complexity index is 620. The van der Waals surface area contributed by atoms with Crippen molar-refractivity contribution < 1.29 is 4.79 Å². The lowest BCUT2D eigenvalue weighted by molar-refractivity contribution is -0.123. The molecule has 0 atom stereocenters. The second kappa shape index (κ2) is 8.61. The summed E-state index contributed by atoms with van der Waals surface area (Å²) < 4.78 is 2.05. The quantitative estimate of drug-likeness (QED) is 0.555. The fourth-order valence-corrected chi connectivity index (χ4v) is 1.90. The summed E-state index contributed by atoms with van der Waals surface area (Å²) in [4.78, 5) is 19.4. The van der Waals surface area contributed by atoms with Gasteiger partial charge in [-0.3, -0.25) is 14.8 Å². The first-order chi connectivity index (χ1) is 10.2. The second-order valence-corrected chi connectivity index (χ2v) is 7.78. The number of halogens is 2. The highest BCUT2D eigenvalue weighted by atomic mass is 127. The molecule has 0 spiro atoms. The molecule has 0 aliphatic heterocycles. The number of nitrogens with two attached hydrogens (primary N) is 1. The summed E-state index contributed by atoms with van der Waals surface area (Å²) in [5, 5.41) is 2.84. The Labute approximate surface area is 157 Å². The zero-order chi connectivity index (χ0) is 16.8. The van der Waals surface area contributed by atoms with Crippen molar-refractivity contribution in [1.82, 2.24) is 9.97 Å². The van der Waals surface area contributed by atoms with Gasteiger partial charge in [0.05, 0.1) is 23.8 Å². The van der Waals surface area contributed by atoms with Crippen molar-refractivity contribution in [2.75, 3.05) is 11.1 Å². The lowest BCUT2D eigenvalue weighted by Gasteiger charge is -2.17. The largest absolute Gasteiger partial charge is 0.397 e. The number of aromatic nitrogens is 2. The van der Waals surface area contributed by atoms with E-state index in [1.165, 1.54) is 0 Å². The van der Waals surface area contributed by atoms with Crippen LogP contribution in [0.25, 0.3) is 0 Å². The van der Waals surface area contributed by atoms with Crippen molar-refractivity contribution >= 4 is 62.5 Å². The van der Waals surface area contributed by atoms with Crippen LogP contribution in [-0.4, -0.2) is 15.9 Å². The highest BCUT2D eigenvalue weighted by molar-refractivity contribution is 14.1. The van der Waals surface area contributed by atoms with Crippen molar-refractivity contribution in [3.8, 4) is 0 Å². The van der Waals surface area contributed by atoms with Gasteiger partial charge in [0.2, 0.25) is 5.91 Å². The van der Waals surface area contributed by atoms with E-state index in [9.17, 15) is 4.79 Å². The molecule has 0 radical (unpaired) electrons. The molecular formula is C15H18I2N4O. The predicted molar refractivity (Wildman–Crippen MR) is 106 cm³/mol. The molecule has 0 aliphatic carbocycles. The van der Waals surface area contributed by atoms with Crippen LogP contribution in [0.1, 0.15) is 20.8 Å². The Balaban J connectivity index is 0.000000255. The van der Waals surface area contributed by atoms with Gasteiger partial charge in [0, 0.05) is 24.9 Å². The van der Waals surface area contributed by atoms with E-state index < -0.39 is 0 Å². The molecule has 0 fully saturated rings. The van der Waals surface area contributed by atoms with Gasteiger partial charge in [0.15, 0.2) is 0 Å². The Hall–Kier alpha value is -0.970. The van der Waals surface area contributed by atoms with Crippen LogP contribution in [0, 0.1) is 12.6 Å². The molecule has 3 N–H and O–H groups in total. The van der Waals surface area contributed by atoms with E-state index in [2.05, 4.69) is 60.5 Å². The SMILES string of the molecule is CC(C)(C)C(=O)Nc1cnccc1I.Nc1cnccc1I. The molecule has 7 heteroatoms. The van der Waals surface area contributed by atoms with Crippen LogP contribution in [0.3, 0.4) is 0 Å². The maximum absolute atomic E-state index is 11.6. The molecule has 0 aromatic carbocycles. The van der Waals surface area contributed by atoms with E-state index in [-0.39, 0.29) is 11.3 Å². The van der Waals surface area contributed by atoms with Gasteiger partial charge < -0.3 is 11.1 Å². The molecule has 2 heterocycles. The molecule has 5 nitrogen and oxygen atoms in total.